The van der Waals surface area contributed by atoms with E-state index >= 15 is 0 Å². The molecule has 1 saturated heterocycles. The van der Waals surface area contributed by atoms with Gasteiger partial charge in [0, 0.05) is 12.2 Å². The van der Waals surface area contributed by atoms with Gasteiger partial charge >= 0.3 is 6.09 Å². The largest absolute Gasteiger partial charge is 0.417 e. The van der Waals surface area contributed by atoms with Gasteiger partial charge in [0.2, 0.25) is 0 Å². The molecule has 1 aliphatic rings. The van der Waals surface area contributed by atoms with E-state index in [-0.39, 0.29) is 18.2 Å². The fraction of sp³-hybridized carbons (Fsp3) is 0.235. The first-order valence-electron chi connectivity index (χ1n) is 7.26. The van der Waals surface area contributed by atoms with Crippen LogP contribution in [0.15, 0.2) is 48.5 Å². The molecule has 3 rings (SSSR count). The van der Waals surface area contributed by atoms with Gasteiger partial charge in [0.05, 0.1) is 0 Å². The quantitative estimate of drug-likeness (QED) is 0.892. The minimum absolute atomic E-state index is 0. The van der Waals surface area contributed by atoms with Crippen LogP contribution < -0.4 is 15.4 Å². The fourth-order valence-electron chi connectivity index (χ4n) is 2.53. The van der Waals surface area contributed by atoms with E-state index < -0.39 is 6.09 Å². The molecule has 1 atom stereocenters. The summed E-state index contributed by atoms with van der Waals surface area (Å²) in [7, 11) is 0. The molecular weight excluding hydrogens is 319 g/mol. The van der Waals surface area contributed by atoms with Gasteiger partial charge in [-0.2, -0.15) is 0 Å². The Morgan fingerprint density at radius 1 is 1.13 bits per heavy atom. The van der Waals surface area contributed by atoms with E-state index in [1.165, 1.54) is 29.8 Å². The number of nitrogens with one attached hydrogen (secondary N) is 2. The Hall–Kier alpha value is -2.11. The highest BCUT2D eigenvalue weighted by atomic mass is 35.5. The number of benzene rings is 2. The zero-order valence-electron chi connectivity index (χ0n) is 12.4. The normalized spacial score (nSPS) is 16.5. The van der Waals surface area contributed by atoms with E-state index in [4.69, 9.17) is 4.74 Å². The van der Waals surface area contributed by atoms with Gasteiger partial charge in [-0.3, -0.25) is 5.32 Å². The van der Waals surface area contributed by atoms with Crippen molar-refractivity contribution >= 4 is 24.2 Å². The number of carbonyl (C=O) groups excluding carboxylic acids is 1. The second-order valence-corrected chi connectivity index (χ2v) is 5.28. The van der Waals surface area contributed by atoms with Gasteiger partial charge in [-0.25, -0.2) is 9.18 Å². The number of halogens is 2. The van der Waals surface area contributed by atoms with Crippen molar-refractivity contribution < 1.29 is 13.9 Å². The Balaban J connectivity index is 0.00000192. The number of anilines is 1. The highest BCUT2D eigenvalue weighted by Gasteiger charge is 2.16. The number of hydrogen-bond acceptors (Lipinski definition) is 3. The first kappa shape index (κ1) is 17.2. The van der Waals surface area contributed by atoms with Crippen LogP contribution >= 0.6 is 12.4 Å². The first-order chi connectivity index (χ1) is 10.7. The fourth-order valence-corrected chi connectivity index (χ4v) is 2.53. The molecule has 2 aromatic rings. The molecule has 6 heteroatoms. The summed E-state index contributed by atoms with van der Waals surface area (Å²) in [4.78, 5) is 11.8. The Morgan fingerprint density at radius 2 is 1.83 bits per heavy atom. The molecule has 0 aromatic heterocycles. The van der Waals surface area contributed by atoms with Crippen LogP contribution in [0, 0.1) is 5.82 Å². The van der Waals surface area contributed by atoms with Crippen molar-refractivity contribution in [2.24, 2.45) is 0 Å². The summed E-state index contributed by atoms with van der Waals surface area (Å²) in [5.41, 5.74) is 1.93. The predicted molar refractivity (Wildman–Crippen MR) is 90.0 cm³/mol. The van der Waals surface area contributed by atoms with E-state index in [0.717, 1.165) is 19.5 Å². The number of amides is 1. The van der Waals surface area contributed by atoms with Gasteiger partial charge < -0.3 is 10.1 Å². The lowest BCUT2D eigenvalue weighted by atomic mass is 9.98. The zero-order valence-corrected chi connectivity index (χ0v) is 13.2. The van der Waals surface area contributed by atoms with Gasteiger partial charge in [-0.15, -0.1) is 12.4 Å². The van der Waals surface area contributed by atoms with Crippen LogP contribution in [0.2, 0.25) is 0 Å². The molecule has 0 bridgehead atoms. The van der Waals surface area contributed by atoms with Crippen molar-refractivity contribution in [1.82, 2.24) is 5.32 Å². The standard InChI is InChI=1S/C17H17FN2O2.ClH/c18-14-3-7-16(8-4-14)22-17(21)20-15-5-1-12(2-6-15)13-9-10-19-11-13;/h1-8,13,19H,9-11H2,(H,20,21);1H. The maximum atomic E-state index is 12.8. The third kappa shape index (κ3) is 4.68. The molecule has 23 heavy (non-hydrogen) atoms. The SMILES string of the molecule is Cl.O=C(Nc1ccc(C2CCNC2)cc1)Oc1ccc(F)cc1. The molecule has 1 unspecified atom stereocenters. The minimum Gasteiger partial charge on any atom is -0.410 e. The lowest BCUT2D eigenvalue weighted by Gasteiger charge is -2.10. The number of carbonyl (C=O) groups is 1. The van der Waals surface area contributed by atoms with Crippen LogP contribution in [-0.2, 0) is 0 Å². The summed E-state index contributed by atoms with van der Waals surface area (Å²) in [6, 6.07) is 13.1. The van der Waals surface area contributed by atoms with Crippen molar-refractivity contribution in [2.75, 3.05) is 18.4 Å². The zero-order chi connectivity index (χ0) is 15.4. The summed E-state index contributed by atoms with van der Waals surface area (Å²) >= 11 is 0. The van der Waals surface area contributed by atoms with Crippen LogP contribution in [0.3, 0.4) is 0 Å². The van der Waals surface area contributed by atoms with Crippen molar-refractivity contribution in [3.8, 4) is 5.75 Å². The van der Waals surface area contributed by atoms with Gasteiger partial charge in [-0.05, 0) is 60.8 Å². The molecule has 1 amide bonds. The van der Waals surface area contributed by atoms with Crippen LogP contribution in [-0.4, -0.2) is 19.2 Å². The molecule has 2 aromatic carbocycles. The first-order valence-corrected chi connectivity index (χ1v) is 7.26. The third-order valence-corrected chi connectivity index (χ3v) is 3.71. The maximum absolute atomic E-state index is 12.8. The molecule has 0 aliphatic carbocycles. The molecule has 2 N–H and O–H groups in total. The number of ether oxygens (including phenoxy) is 1. The van der Waals surface area contributed by atoms with Crippen molar-refractivity contribution in [3.05, 3.63) is 59.9 Å². The highest BCUT2D eigenvalue weighted by molar-refractivity contribution is 5.86. The highest BCUT2D eigenvalue weighted by Crippen LogP contribution is 2.23. The third-order valence-electron chi connectivity index (χ3n) is 3.71. The van der Waals surface area contributed by atoms with Gasteiger partial charge in [0.1, 0.15) is 11.6 Å². The summed E-state index contributed by atoms with van der Waals surface area (Å²) in [5.74, 6) is 0.470. The summed E-state index contributed by atoms with van der Waals surface area (Å²) < 4.78 is 17.9. The van der Waals surface area contributed by atoms with E-state index in [0.29, 0.717) is 17.4 Å². The van der Waals surface area contributed by atoms with Gasteiger partial charge in [-0.1, -0.05) is 12.1 Å². The number of hydrogen-bond donors (Lipinski definition) is 2. The lowest BCUT2D eigenvalue weighted by molar-refractivity contribution is 0.215. The van der Waals surface area contributed by atoms with Crippen LogP contribution in [0.5, 0.6) is 5.75 Å². The molecule has 0 saturated carbocycles. The van der Waals surface area contributed by atoms with Crippen LogP contribution in [0.1, 0.15) is 17.9 Å². The van der Waals surface area contributed by atoms with E-state index in [1.54, 1.807) is 0 Å². The summed E-state index contributed by atoms with van der Waals surface area (Å²) in [6.07, 6.45) is 0.543. The molecular formula is C17H18ClFN2O2. The topological polar surface area (TPSA) is 50.4 Å². The molecule has 122 valence electrons. The Morgan fingerprint density at radius 3 is 2.43 bits per heavy atom. The van der Waals surface area contributed by atoms with E-state index in [2.05, 4.69) is 10.6 Å². The summed E-state index contributed by atoms with van der Waals surface area (Å²) in [6.45, 7) is 2.05. The monoisotopic (exact) mass is 336 g/mol. The maximum Gasteiger partial charge on any atom is 0.417 e. The Labute approximate surface area is 140 Å². The molecule has 1 fully saturated rings. The molecule has 0 spiro atoms. The minimum atomic E-state index is -0.595. The second kappa shape index (κ2) is 7.94. The summed E-state index contributed by atoms with van der Waals surface area (Å²) in [5, 5.41) is 5.98. The van der Waals surface area contributed by atoms with Crippen molar-refractivity contribution in [1.29, 1.82) is 0 Å². The van der Waals surface area contributed by atoms with Crippen molar-refractivity contribution in [3.63, 3.8) is 0 Å². The van der Waals surface area contributed by atoms with Gasteiger partial charge in [0.15, 0.2) is 0 Å². The van der Waals surface area contributed by atoms with Crippen LogP contribution in [0.25, 0.3) is 0 Å². The predicted octanol–water partition coefficient (Wildman–Crippen LogP) is 3.94. The average molecular weight is 337 g/mol. The van der Waals surface area contributed by atoms with Gasteiger partial charge in [0.25, 0.3) is 0 Å². The van der Waals surface area contributed by atoms with Crippen molar-refractivity contribution in [2.45, 2.75) is 12.3 Å². The van der Waals surface area contributed by atoms with E-state index in [1.807, 2.05) is 24.3 Å². The molecule has 1 heterocycles. The number of rotatable bonds is 3. The Kier molecular flexibility index (Phi) is 5.96. The van der Waals surface area contributed by atoms with Crippen LogP contribution in [0.4, 0.5) is 14.9 Å². The molecule has 1 aliphatic heterocycles. The molecule has 0 radical (unpaired) electrons. The lowest BCUT2D eigenvalue weighted by Crippen LogP contribution is -2.16. The molecule has 4 nitrogen and oxygen atoms in total. The smallest absolute Gasteiger partial charge is 0.410 e. The Bertz CT molecular complexity index is 641. The average Bonchev–Trinajstić information content (AvgIpc) is 3.05. The van der Waals surface area contributed by atoms with E-state index in [9.17, 15) is 9.18 Å². The second-order valence-electron chi connectivity index (χ2n) is 5.28.